The summed E-state index contributed by atoms with van der Waals surface area (Å²) in [6.45, 7) is 0. The predicted octanol–water partition coefficient (Wildman–Crippen LogP) is -0.0484. The lowest BCUT2D eigenvalue weighted by Crippen LogP contribution is -2.32. The Balaban J connectivity index is 1.93. The van der Waals surface area contributed by atoms with Gasteiger partial charge in [0, 0.05) is 12.8 Å². The number of carbonyl (C=O) groups is 3. The minimum atomic E-state index is -1.18. The number of carbonyl (C=O) groups excluding carboxylic acids is 3. The van der Waals surface area contributed by atoms with Gasteiger partial charge in [0.2, 0.25) is 0 Å². The molecule has 2 fully saturated rings. The molecular weight excluding hydrogens is 193 g/mol. The molecule has 0 aromatic heterocycles. The summed E-state index contributed by atoms with van der Waals surface area (Å²) in [6, 6.07) is 0. The number of alkyl halides is 1. The molecule has 6 heteroatoms. The van der Waals surface area contributed by atoms with Gasteiger partial charge in [0.1, 0.15) is 6.17 Å². The zero-order valence-electron chi connectivity index (χ0n) is 7.23. The summed E-state index contributed by atoms with van der Waals surface area (Å²) in [5, 5.41) is 0.438. The Bertz CT molecular complexity index is 300. The number of nitrogens with zero attached hydrogens (tertiary/aromatic N) is 1. The topological polar surface area (TPSA) is 63.7 Å². The van der Waals surface area contributed by atoms with Crippen LogP contribution < -0.4 is 0 Å². The zero-order valence-corrected chi connectivity index (χ0v) is 7.23. The summed E-state index contributed by atoms with van der Waals surface area (Å²) < 4.78 is 12.4. The van der Waals surface area contributed by atoms with Gasteiger partial charge in [0.15, 0.2) is 0 Å². The van der Waals surface area contributed by atoms with Gasteiger partial charge in [0.05, 0.1) is 5.92 Å². The van der Waals surface area contributed by atoms with Crippen LogP contribution in [-0.4, -0.2) is 29.0 Å². The Hall–Kier alpha value is -1.46. The lowest BCUT2D eigenvalue weighted by molar-refractivity contribution is -0.198. The van der Waals surface area contributed by atoms with Gasteiger partial charge in [-0.25, -0.2) is 9.18 Å². The van der Waals surface area contributed by atoms with Crippen molar-refractivity contribution in [3.05, 3.63) is 0 Å². The van der Waals surface area contributed by atoms with Gasteiger partial charge in [0.25, 0.3) is 11.8 Å². The van der Waals surface area contributed by atoms with Crippen molar-refractivity contribution in [2.75, 3.05) is 0 Å². The summed E-state index contributed by atoms with van der Waals surface area (Å²) in [4.78, 5) is 37.5. The lowest BCUT2D eigenvalue weighted by atomic mass is 10.4. The lowest BCUT2D eigenvalue weighted by Gasteiger charge is -2.11. The van der Waals surface area contributed by atoms with Gasteiger partial charge in [-0.05, 0) is 6.42 Å². The third-order valence-electron chi connectivity index (χ3n) is 2.20. The van der Waals surface area contributed by atoms with Crippen molar-refractivity contribution in [2.45, 2.75) is 25.4 Å². The third-order valence-corrected chi connectivity index (χ3v) is 2.20. The monoisotopic (exact) mass is 201 g/mol. The molecule has 1 saturated heterocycles. The average molecular weight is 201 g/mol. The largest absolute Gasteiger partial charge is 0.339 e. The number of hydroxylamine groups is 2. The maximum atomic E-state index is 12.4. The minimum absolute atomic E-state index is 0.0514. The van der Waals surface area contributed by atoms with Gasteiger partial charge >= 0.3 is 5.97 Å². The zero-order chi connectivity index (χ0) is 10.3. The molecule has 1 aliphatic carbocycles. The summed E-state index contributed by atoms with van der Waals surface area (Å²) in [7, 11) is 0. The Kier molecular flexibility index (Phi) is 1.98. The summed E-state index contributed by atoms with van der Waals surface area (Å²) in [6.07, 6.45) is -0.962. The van der Waals surface area contributed by atoms with E-state index in [0.29, 0.717) is 5.06 Å². The predicted molar refractivity (Wildman–Crippen MR) is 40.2 cm³/mol. The van der Waals surface area contributed by atoms with E-state index in [1.165, 1.54) is 0 Å². The van der Waals surface area contributed by atoms with Gasteiger partial charge < -0.3 is 4.84 Å². The number of hydrogen-bond donors (Lipinski definition) is 0. The molecule has 0 N–H and O–H groups in total. The molecular formula is C8H8FNO4. The maximum absolute atomic E-state index is 12.4. The van der Waals surface area contributed by atoms with Crippen LogP contribution in [0, 0.1) is 5.92 Å². The van der Waals surface area contributed by atoms with E-state index in [-0.39, 0.29) is 19.3 Å². The van der Waals surface area contributed by atoms with Crippen molar-refractivity contribution in [2.24, 2.45) is 5.92 Å². The van der Waals surface area contributed by atoms with Crippen molar-refractivity contribution >= 4 is 17.8 Å². The highest BCUT2D eigenvalue weighted by Crippen LogP contribution is 2.35. The van der Waals surface area contributed by atoms with Crippen LogP contribution in [0.2, 0.25) is 0 Å². The Morgan fingerprint density at radius 3 is 2.29 bits per heavy atom. The molecule has 0 radical (unpaired) electrons. The summed E-state index contributed by atoms with van der Waals surface area (Å²) in [5.41, 5.74) is 0. The Morgan fingerprint density at radius 2 is 1.86 bits per heavy atom. The van der Waals surface area contributed by atoms with E-state index in [4.69, 9.17) is 0 Å². The first-order chi connectivity index (χ1) is 6.59. The molecule has 2 atom stereocenters. The molecule has 0 unspecified atom stereocenters. The highest BCUT2D eigenvalue weighted by atomic mass is 19.1. The number of rotatable bonds is 2. The van der Waals surface area contributed by atoms with Crippen LogP contribution in [0.4, 0.5) is 4.39 Å². The van der Waals surface area contributed by atoms with Crippen molar-refractivity contribution in [3.63, 3.8) is 0 Å². The van der Waals surface area contributed by atoms with Crippen LogP contribution in [0.15, 0.2) is 0 Å². The molecule has 5 nitrogen and oxygen atoms in total. The third kappa shape index (κ3) is 1.47. The fourth-order valence-corrected chi connectivity index (χ4v) is 1.22. The van der Waals surface area contributed by atoms with Crippen molar-refractivity contribution in [1.82, 2.24) is 5.06 Å². The van der Waals surface area contributed by atoms with Crippen LogP contribution in [0.25, 0.3) is 0 Å². The SMILES string of the molecule is O=C(ON1C(=O)CCC1=O)[C@@H]1C[C@@H]1F. The first-order valence-electron chi connectivity index (χ1n) is 4.31. The van der Waals surface area contributed by atoms with Crippen LogP contribution in [0.1, 0.15) is 19.3 Å². The van der Waals surface area contributed by atoms with Crippen LogP contribution in [0.5, 0.6) is 0 Å². The maximum Gasteiger partial charge on any atom is 0.339 e. The van der Waals surface area contributed by atoms with E-state index in [0.717, 1.165) is 0 Å². The average Bonchev–Trinajstić information content (AvgIpc) is 2.79. The molecule has 1 aliphatic heterocycles. The first kappa shape index (κ1) is 9.11. The second-order valence-corrected chi connectivity index (χ2v) is 3.35. The van der Waals surface area contributed by atoms with E-state index in [9.17, 15) is 18.8 Å². The van der Waals surface area contributed by atoms with Gasteiger partial charge in [-0.2, -0.15) is 0 Å². The normalized spacial score (nSPS) is 30.8. The van der Waals surface area contributed by atoms with Crippen LogP contribution in [0.3, 0.4) is 0 Å². The fraction of sp³-hybridized carbons (Fsp3) is 0.625. The molecule has 1 heterocycles. The second kappa shape index (κ2) is 3.04. The van der Waals surface area contributed by atoms with Crippen LogP contribution >= 0.6 is 0 Å². The second-order valence-electron chi connectivity index (χ2n) is 3.35. The molecule has 0 aromatic rings. The van der Waals surface area contributed by atoms with Crippen LogP contribution in [-0.2, 0) is 19.2 Å². The van der Waals surface area contributed by atoms with Gasteiger partial charge in [-0.1, -0.05) is 0 Å². The highest BCUT2D eigenvalue weighted by molar-refractivity contribution is 6.01. The molecule has 0 bridgehead atoms. The highest BCUT2D eigenvalue weighted by Gasteiger charge is 2.47. The molecule has 1 saturated carbocycles. The molecule has 2 amide bonds. The Morgan fingerprint density at radius 1 is 1.36 bits per heavy atom. The first-order valence-corrected chi connectivity index (χ1v) is 4.31. The molecule has 14 heavy (non-hydrogen) atoms. The number of imide groups is 1. The molecule has 0 spiro atoms. The molecule has 76 valence electrons. The van der Waals surface area contributed by atoms with E-state index in [1.807, 2.05) is 0 Å². The van der Waals surface area contributed by atoms with Gasteiger partial charge in [-0.15, -0.1) is 5.06 Å². The standard InChI is InChI=1S/C8H8FNO4/c9-5-3-4(5)8(13)14-10-6(11)1-2-7(10)12/h4-5H,1-3H2/t4-,5+/m1/s1. The smallest absolute Gasteiger partial charge is 0.330 e. The fourth-order valence-electron chi connectivity index (χ4n) is 1.22. The number of halogens is 1. The number of hydrogen-bond acceptors (Lipinski definition) is 4. The van der Waals surface area contributed by atoms with E-state index >= 15 is 0 Å². The van der Waals surface area contributed by atoms with E-state index < -0.39 is 29.9 Å². The van der Waals surface area contributed by atoms with Crippen molar-refractivity contribution in [1.29, 1.82) is 0 Å². The quantitative estimate of drug-likeness (QED) is 0.587. The van der Waals surface area contributed by atoms with E-state index in [2.05, 4.69) is 4.84 Å². The molecule has 2 aliphatic rings. The molecule has 0 aromatic carbocycles. The molecule has 2 rings (SSSR count). The van der Waals surface area contributed by atoms with E-state index in [1.54, 1.807) is 0 Å². The van der Waals surface area contributed by atoms with Gasteiger partial charge in [-0.3, -0.25) is 9.59 Å². The summed E-state index contributed by atoms with van der Waals surface area (Å²) >= 11 is 0. The minimum Gasteiger partial charge on any atom is -0.330 e. The summed E-state index contributed by atoms with van der Waals surface area (Å²) in [5.74, 6) is -2.71. The van der Waals surface area contributed by atoms with Crippen molar-refractivity contribution < 1.29 is 23.6 Å². The Labute approximate surface area is 78.8 Å². The number of amides is 2. The van der Waals surface area contributed by atoms with Crippen molar-refractivity contribution in [3.8, 4) is 0 Å².